The van der Waals surface area contributed by atoms with Gasteiger partial charge in [0.2, 0.25) is 0 Å². The van der Waals surface area contributed by atoms with Crippen LogP contribution in [0.3, 0.4) is 0 Å². The SMILES string of the molecule is CCCCNC(=S)N(CC[NH+](C)C)Cc1cc2cc(OC)ccc2[nH]c1=O. The molecule has 1 heterocycles. The average Bonchev–Trinajstić information content (AvgIpc) is 2.64. The van der Waals surface area contributed by atoms with Crippen LogP contribution in [-0.4, -0.2) is 55.8 Å². The maximum Gasteiger partial charge on any atom is 0.253 e. The summed E-state index contributed by atoms with van der Waals surface area (Å²) < 4.78 is 5.30. The highest BCUT2D eigenvalue weighted by atomic mass is 32.1. The number of pyridine rings is 1. The van der Waals surface area contributed by atoms with E-state index in [1.54, 1.807) is 7.11 Å². The van der Waals surface area contributed by atoms with Gasteiger partial charge in [0.1, 0.15) is 5.75 Å². The second kappa shape index (κ2) is 10.3. The van der Waals surface area contributed by atoms with Crippen molar-refractivity contribution in [1.82, 2.24) is 15.2 Å². The van der Waals surface area contributed by atoms with E-state index in [1.807, 2.05) is 24.3 Å². The van der Waals surface area contributed by atoms with Crippen molar-refractivity contribution in [2.24, 2.45) is 0 Å². The first-order valence-electron chi connectivity index (χ1n) is 9.46. The number of hydrogen-bond acceptors (Lipinski definition) is 3. The van der Waals surface area contributed by atoms with Gasteiger partial charge in [0.05, 0.1) is 40.8 Å². The van der Waals surface area contributed by atoms with Crippen LogP contribution in [-0.2, 0) is 6.54 Å². The van der Waals surface area contributed by atoms with Crippen LogP contribution in [0.4, 0.5) is 0 Å². The van der Waals surface area contributed by atoms with Gasteiger partial charge in [-0.05, 0) is 42.9 Å². The Morgan fingerprint density at radius 3 is 2.78 bits per heavy atom. The molecule has 2 aromatic rings. The van der Waals surface area contributed by atoms with Crippen molar-refractivity contribution in [3.05, 3.63) is 40.2 Å². The molecule has 0 fully saturated rings. The molecule has 0 radical (unpaired) electrons. The Morgan fingerprint density at radius 1 is 1.33 bits per heavy atom. The van der Waals surface area contributed by atoms with Crippen LogP contribution in [0.25, 0.3) is 10.9 Å². The molecular formula is C20H31N4O2S+. The lowest BCUT2D eigenvalue weighted by Crippen LogP contribution is -3.06. The van der Waals surface area contributed by atoms with Gasteiger partial charge in [-0.15, -0.1) is 0 Å². The standard InChI is InChI=1S/C20H30N4O2S/c1-5-6-9-21-20(27)24(11-10-23(2)3)14-16-12-15-13-17(26-4)7-8-18(15)22-19(16)25/h7-8,12-13H,5-6,9-11,14H2,1-4H3,(H,21,27)(H,22,25)/p+1. The van der Waals surface area contributed by atoms with Crippen molar-refractivity contribution in [3.63, 3.8) is 0 Å². The molecule has 2 rings (SSSR count). The van der Waals surface area contributed by atoms with Gasteiger partial charge in [-0.1, -0.05) is 13.3 Å². The zero-order valence-corrected chi connectivity index (χ0v) is 17.5. The largest absolute Gasteiger partial charge is 0.497 e. The van der Waals surface area contributed by atoms with Gasteiger partial charge >= 0.3 is 0 Å². The molecule has 27 heavy (non-hydrogen) atoms. The number of rotatable bonds is 9. The summed E-state index contributed by atoms with van der Waals surface area (Å²) in [4.78, 5) is 18.9. The van der Waals surface area contributed by atoms with Crippen LogP contribution in [0.5, 0.6) is 5.75 Å². The van der Waals surface area contributed by atoms with Crippen molar-refractivity contribution < 1.29 is 9.64 Å². The van der Waals surface area contributed by atoms with Crippen LogP contribution >= 0.6 is 12.2 Å². The molecule has 0 spiro atoms. The summed E-state index contributed by atoms with van der Waals surface area (Å²) in [5.41, 5.74) is 1.42. The molecule has 3 N–H and O–H groups in total. The summed E-state index contributed by atoms with van der Waals surface area (Å²) in [5, 5.41) is 4.97. The molecule has 0 saturated carbocycles. The number of aromatic amines is 1. The minimum atomic E-state index is -0.0776. The number of benzene rings is 1. The van der Waals surface area contributed by atoms with E-state index in [4.69, 9.17) is 17.0 Å². The number of unbranched alkanes of at least 4 members (excludes halogenated alkanes) is 1. The zero-order valence-electron chi connectivity index (χ0n) is 16.7. The van der Waals surface area contributed by atoms with Gasteiger partial charge < -0.3 is 24.8 Å². The molecule has 0 bridgehead atoms. The number of ether oxygens (including phenoxy) is 1. The first kappa shape index (κ1) is 21.2. The number of fused-ring (bicyclic) bond motifs is 1. The van der Waals surface area contributed by atoms with E-state index in [0.29, 0.717) is 17.2 Å². The highest BCUT2D eigenvalue weighted by Crippen LogP contribution is 2.19. The van der Waals surface area contributed by atoms with E-state index in [9.17, 15) is 4.79 Å². The predicted molar refractivity (Wildman–Crippen MR) is 115 cm³/mol. The Labute approximate surface area is 166 Å². The summed E-state index contributed by atoms with van der Waals surface area (Å²) in [6.45, 7) is 5.21. The summed E-state index contributed by atoms with van der Waals surface area (Å²) in [5.74, 6) is 0.769. The topological polar surface area (TPSA) is 61.8 Å². The monoisotopic (exact) mass is 391 g/mol. The first-order valence-corrected chi connectivity index (χ1v) is 9.87. The number of nitrogens with zero attached hydrogens (tertiary/aromatic N) is 1. The third-order valence-electron chi connectivity index (χ3n) is 4.47. The predicted octanol–water partition coefficient (Wildman–Crippen LogP) is 1.16. The fourth-order valence-electron chi connectivity index (χ4n) is 2.77. The van der Waals surface area contributed by atoms with E-state index in [-0.39, 0.29) is 5.56 Å². The van der Waals surface area contributed by atoms with Gasteiger partial charge in [0.15, 0.2) is 5.11 Å². The van der Waals surface area contributed by atoms with E-state index in [0.717, 1.165) is 49.1 Å². The molecular weight excluding hydrogens is 360 g/mol. The van der Waals surface area contributed by atoms with E-state index >= 15 is 0 Å². The van der Waals surface area contributed by atoms with Gasteiger partial charge in [-0.25, -0.2) is 0 Å². The third-order valence-corrected chi connectivity index (χ3v) is 4.87. The quantitative estimate of drug-likeness (QED) is 0.442. The number of aromatic nitrogens is 1. The Morgan fingerprint density at radius 2 is 2.11 bits per heavy atom. The van der Waals surface area contributed by atoms with Gasteiger partial charge in [-0.2, -0.15) is 0 Å². The van der Waals surface area contributed by atoms with Crippen molar-refractivity contribution >= 4 is 28.2 Å². The average molecular weight is 392 g/mol. The molecule has 0 aliphatic rings. The lowest BCUT2D eigenvalue weighted by molar-refractivity contribution is -0.857. The van der Waals surface area contributed by atoms with Gasteiger partial charge in [-0.3, -0.25) is 4.79 Å². The molecule has 1 aromatic carbocycles. The normalized spacial score (nSPS) is 11.0. The first-order chi connectivity index (χ1) is 12.9. The smallest absolute Gasteiger partial charge is 0.253 e. The Kier molecular flexibility index (Phi) is 8.06. The van der Waals surface area contributed by atoms with Crippen molar-refractivity contribution in [3.8, 4) is 5.75 Å². The van der Waals surface area contributed by atoms with Crippen LogP contribution in [0.1, 0.15) is 25.3 Å². The molecule has 0 unspecified atom stereocenters. The second-order valence-electron chi connectivity index (χ2n) is 7.04. The maximum absolute atomic E-state index is 12.6. The summed E-state index contributed by atoms with van der Waals surface area (Å²) >= 11 is 5.59. The highest BCUT2D eigenvalue weighted by molar-refractivity contribution is 7.80. The van der Waals surface area contributed by atoms with E-state index in [1.165, 1.54) is 4.90 Å². The maximum atomic E-state index is 12.6. The number of nitrogens with one attached hydrogen (secondary N) is 3. The number of likely N-dealkylation sites (N-methyl/N-ethyl adjacent to an activating group) is 1. The molecule has 0 saturated heterocycles. The molecule has 6 nitrogen and oxygen atoms in total. The third kappa shape index (κ3) is 6.22. The fraction of sp³-hybridized carbons (Fsp3) is 0.500. The van der Waals surface area contributed by atoms with E-state index in [2.05, 4.69) is 36.2 Å². The lowest BCUT2D eigenvalue weighted by Gasteiger charge is -2.26. The molecule has 1 aromatic heterocycles. The van der Waals surface area contributed by atoms with Crippen LogP contribution < -0.4 is 20.5 Å². The zero-order chi connectivity index (χ0) is 19.8. The molecule has 148 valence electrons. The molecule has 0 aliphatic heterocycles. The van der Waals surface area contributed by atoms with Crippen LogP contribution in [0.15, 0.2) is 29.1 Å². The minimum Gasteiger partial charge on any atom is -0.497 e. The van der Waals surface area contributed by atoms with Crippen molar-refractivity contribution in [1.29, 1.82) is 0 Å². The summed E-state index contributed by atoms with van der Waals surface area (Å²) in [6.07, 6.45) is 2.19. The molecule has 0 atom stereocenters. The Balaban J connectivity index is 2.24. The summed E-state index contributed by atoms with van der Waals surface area (Å²) in [6, 6.07) is 7.57. The Bertz CT molecular complexity index is 819. The van der Waals surface area contributed by atoms with Crippen molar-refractivity contribution in [2.45, 2.75) is 26.3 Å². The number of methoxy groups -OCH3 is 1. The van der Waals surface area contributed by atoms with Gasteiger partial charge in [0.25, 0.3) is 5.56 Å². The van der Waals surface area contributed by atoms with Crippen molar-refractivity contribution in [2.75, 3.05) is 40.8 Å². The summed E-state index contributed by atoms with van der Waals surface area (Å²) in [7, 11) is 5.86. The molecule has 0 aliphatic carbocycles. The lowest BCUT2D eigenvalue weighted by atomic mass is 10.1. The van der Waals surface area contributed by atoms with Crippen LogP contribution in [0, 0.1) is 0 Å². The van der Waals surface area contributed by atoms with Gasteiger partial charge in [0, 0.05) is 23.0 Å². The number of quaternary nitrogens is 1. The minimum absolute atomic E-state index is 0.0776. The second-order valence-corrected chi connectivity index (χ2v) is 7.43. The number of H-pyrrole nitrogens is 1. The van der Waals surface area contributed by atoms with E-state index < -0.39 is 0 Å². The molecule has 0 amide bonds. The fourth-order valence-corrected chi connectivity index (χ4v) is 3.03. The number of hydrogen-bond donors (Lipinski definition) is 3. The molecule has 7 heteroatoms. The highest BCUT2D eigenvalue weighted by Gasteiger charge is 2.14. The van der Waals surface area contributed by atoms with Crippen LogP contribution in [0.2, 0.25) is 0 Å². The number of thiocarbonyl (C=S) groups is 1. The Hall–Kier alpha value is -2.12.